The first-order chi connectivity index (χ1) is 10.7. The van der Waals surface area contributed by atoms with E-state index in [0.29, 0.717) is 6.42 Å². The van der Waals surface area contributed by atoms with Gasteiger partial charge in [0.25, 0.3) is 0 Å². The van der Waals surface area contributed by atoms with Crippen molar-refractivity contribution in [1.82, 2.24) is 9.88 Å². The minimum atomic E-state index is 0.244. The van der Waals surface area contributed by atoms with Gasteiger partial charge in [-0.1, -0.05) is 12.8 Å². The van der Waals surface area contributed by atoms with E-state index in [-0.39, 0.29) is 5.91 Å². The van der Waals surface area contributed by atoms with Crippen molar-refractivity contribution in [2.75, 3.05) is 20.2 Å². The lowest BCUT2D eigenvalue weighted by Crippen LogP contribution is -2.33. The normalized spacial score (nSPS) is 15.8. The van der Waals surface area contributed by atoms with Gasteiger partial charge in [0.2, 0.25) is 5.91 Å². The number of fused-ring (bicyclic) bond motifs is 1. The van der Waals surface area contributed by atoms with Gasteiger partial charge in [0.05, 0.1) is 13.5 Å². The smallest absolute Gasteiger partial charge is 0.227 e. The van der Waals surface area contributed by atoms with Crippen molar-refractivity contribution in [2.24, 2.45) is 0 Å². The lowest BCUT2D eigenvalue weighted by atomic mass is 10.1. The third kappa shape index (κ3) is 2.96. The Labute approximate surface area is 131 Å². The van der Waals surface area contributed by atoms with Crippen LogP contribution in [0.25, 0.3) is 10.9 Å². The van der Waals surface area contributed by atoms with E-state index in [1.807, 2.05) is 30.0 Å². The van der Waals surface area contributed by atoms with Crippen LogP contribution in [-0.2, 0) is 11.2 Å². The number of aromatic nitrogens is 1. The Hall–Kier alpha value is -1.97. The molecule has 1 aromatic carbocycles. The van der Waals surface area contributed by atoms with Crippen molar-refractivity contribution in [1.29, 1.82) is 0 Å². The summed E-state index contributed by atoms with van der Waals surface area (Å²) in [4.78, 5) is 18.1. The number of carbonyl (C=O) groups excluding carboxylic acids is 1. The van der Waals surface area contributed by atoms with Gasteiger partial charge in [0, 0.05) is 29.7 Å². The van der Waals surface area contributed by atoms with Gasteiger partial charge in [-0.25, -0.2) is 0 Å². The lowest BCUT2D eigenvalue weighted by molar-refractivity contribution is -0.130. The maximum atomic E-state index is 12.6. The van der Waals surface area contributed by atoms with Crippen LogP contribution >= 0.6 is 0 Å². The zero-order valence-electron chi connectivity index (χ0n) is 13.4. The molecule has 0 unspecified atom stereocenters. The van der Waals surface area contributed by atoms with E-state index in [9.17, 15) is 4.79 Å². The van der Waals surface area contributed by atoms with Crippen molar-refractivity contribution in [3.8, 4) is 5.75 Å². The number of hydrogen-bond donors (Lipinski definition) is 1. The predicted molar refractivity (Wildman–Crippen MR) is 88.3 cm³/mol. The van der Waals surface area contributed by atoms with E-state index in [1.54, 1.807) is 7.11 Å². The average molecular weight is 300 g/mol. The molecule has 1 aliphatic rings. The summed E-state index contributed by atoms with van der Waals surface area (Å²) in [6.45, 7) is 3.85. The highest BCUT2D eigenvalue weighted by atomic mass is 16.5. The molecule has 118 valence electrons. The summed E-state index contributed by atoms with van der Waals surface area (Å²) in [5, 5.41) is 1.10. The number of ether oxygens (including phenoxy) is 1. The molecule has 0 radical (unpaired) electrons. The molecule has 1 aromatic heterocycles. The van der Waals surface area contributed by atoms with Crippen molar-refractivity contribution >= 4 is 16.8 Å². The fourth-order valence-corrected chi connectivity index (χ4v) is 3.30. The van der Waals surface area contributed by atoms with Crippen LogP contribution in [0.4, 0.5) is 0 Å². The molecular weight excluding hydrogens is 276 g/mol. The van der Waals surface area contributed by atoms with E-state index in [0.717, 1.165) is 53.8 Å². The quantitative estimate of drug-likeness (QED) is 0.944. The first kappa shape index (κ1) is 14.9. The molecule has 22 heavy (non-hydrogen) atoms. The van der Waals surface area contributed by atoms with Gasteiger partial charge in [-0.15, -0.1) is 0 Å². The molecule has 0 atom stereocenters. The molecule has 4 heteroatoms. The number of methoxy groups -OCH3 is 1. The molecule has 4 nitrogen and oxygen atoms in total. The minimum Gasteiger partial charge on any atom is -0.497 e. The molecular formula is C18H24N2O2. The summed E-state index contributed by atoms with van der Waals surface area (Å²) in [6, 6.07) is 5.98. The SMILES string of the molecule is COc1ccc2[nH]c(C)c(CC(=O)N3CCCCCC3)c2c1. The Kier molecular flexibility index (Phi) is 4.36. The molecule has 2 aromatic rings. The maximum absolute atomic E-state index is 12.6. The highest BCUT2D eigenvalue weighted by Crippen LogP contribution is 2.27. The monoisotopic (exact) mass is 300 g/mol. The maximum Gasteiger partial charge on any atom is 0.227 e. The van der Waals surface area contributed by atoms with Crippen LogP contribution < -0.4 is 4.74 Å². The van der Waals surface area contributed by atoms with Crippen LogP contribution in [0.1, 0.15) is 36.9 Å². The van der Waals surface area contributed by atoms with Gasteiger partial charge in [-0.2, -0.15) is 0 Å². The van der Waals surface area contributed by atoms with Crippen LogP contribution in [-0.4, -0.2) is 36.0 Å². The Morgan fingerprint density at radius 1 is 1.23 bits per heavy atom. The number of aryl methyl sites for hydroxylation is 1. The highest BCUT2D eigenvalue weighted by molar-refractivity contribution is 5.91. The van der Waals surface area contributed by atoms with Crippen molar-refractivity contribution in [3.63, 3.8) is 0 Å². The molecule has 0 spiro atoms. The van der Waals surface area contributed by atoms with Gasteiger partial charge in [-0.3, -0.25) is 4.79 Å². The number of benzene rings is 1. The topological polar surface area (TPSA) is 45.3 Å². The molecule has 1 saturated heterocycles. The van der Waals surface area contributed by atoms with E-state index in [1.165, 1.54) is 12.8 Å². The van der Waals surface area contributed by atoms with Crippen LogP contribution in [0.2, 0.25) is 0 Å². The molecule has 1 fully saturated rings. The lowest BCUT2D eigenvalue weighted by Gasteiger charge is -2.20. The van der Waals surface area contributed by atoms with Crippen LogP contribution in [0.15, 0.2) is 18.2 Å². The third-order valence-corrected chi connectivity index (χ3v) is 4.61. The zero-order chi connectivity index (χ0) is 15.5. The highest BCUT2D eigenvalue weighted by Gasteiger charge is 2.19. The summed E-state index contributed by atoms with van der Waals surface area (Å²) in [5.41, 5.74) is 3.24. The van der Waals surface area contributed by atoms with E-state index in [2.05, 4.69) is 4.98 Å². The minimum absolute atomic E-state index is 0.244. The van der Waals surface area contributed by atoms with Crippen LogP contribution in [0.5, 0.6) is 5.75 Å². The first-order valence-electron chi connectivity index (χ1n) is 8.12. The predicted octanol–water partition coefficient (Wildman–Crippen LogP) is 3.43. The second kappa shape index (κ2) is 6.42. The van der Waals surface area contributed by atoms with Crippen molar-refractivity contribution in [3.05, 3.63) is 29.5 Å². The molecule has 0 saturated carbocycles. The van der Waals surface area contributed by atoms with Crippen molar-refractivity contribution in [2.45, 2.75) is 39.0 Å². The van der Waals surface area contributed by atoms with Crippen molar-refractivity contribution < 1.29 is 9.53 Å². The number of nitrogens with zero attached hydrogens (tertiary/aromatic N) is 1. The third-order valence-electron chi connectivity index (χ3n) is 4.61. The Bertz CT molecular complexity index is 667. The largest absolute Gasteiger partial charge is 0.497 e. The Morgan fingerprint density at radius 3 is 2.64 bits per heavy atom. The van der Waals surface area contributed by atoms with Crippen LogP contribution in [0, 0.1) is 6.92 Å². The molecule has 0 bridgehead atoms. The van der Waals surface area contributed by atoms with E-state index < -0.39 is 0 Å². The van der Waals surface area contributed by atoms with Gasteiger partial charge in [-0.05, 0) is 43.5 Å². The first-order valence-corrected chi connectivity index (χ1v) is 8.12. The standard InChI is InChI=1S/C18H24N2O2/c1-13-15(12-18(21)20-9-5-3-4-6-10-20)16-11-14(22-2)7-8-17(16)19-13/h7-8,11,19H,3-6,9-10,12H2,1-2H3. The number of likely N-dealkylation sites (tertiary alicyclic amines) is 1. The van der Waals surface area contributed by atoms with Gasteiger partial charge < -0.3 is 14.6 Å². The second-order valence-corrected chi connectivity index (χ2v) is 6.11. The number of carbonyl (C=O) groups is 1. The summed E-state index contributed by atoms with van der Waals surface area (Å²) >= 11 is 0. The average Bonchev–Trinajstić information content (AvgIpc) is 2.73. The fraction of sp³-hybridized carbons (Fsp3) is 0.500. The van der Waals surface area contributed by atoms with Gasteiger partial charge >= 0.3 is 0 Å². The Morgan fingerprint density at radius 2 is 1.95 bits per heavy atom. The summed E-state index contributed by atoms with van der Waals surface area (Å²) in [6.07, 6.45) is 5.22. The summed E-state index contributed by atoms with van der Waals surface area (Å²) in [5.74, 6) is 1.07. The number of aromatic amines is 1. The molecule has 1 N–H and O–H groups in total. The number of rotatable bonds is 3. The molecule has 1 amide bonds. The second-order valence-electron chi connectivity index (χ2n) is 6.11. The zero-order valence-corrected chi connectivity index (χ0v) is 13.4. The van der Waals surface area contributed by atoms with Gasteiger partial charge in [0.1, 0.15) is 5.75 Å². The number of hydrogen-bond acceptors (Lipinski definition) is 2. The number of amides is 1. The Balaban J connectivity index is 1.85. The molecule has 3 rings (SSSR count). The molecule has 1 aliphatic heterocycles. The van der Waals surface area contributed by atoms with Gasteiger partial charge in [0.15, 0.2) is 0 Å². The number of nitrogens with one attached hydrogen (secondary N) is 1. The number of H-pyrrole nitrogens is 1. The van der Waals surface area contributed by atoms with Crippen LogP contribution in [0.3, 0.4) is 0 Å². The molecule has 0 aliphatic carbocycles. The molecule has 2 heterocycles. The van der Waals surface area contributed by atoms with E-state index >= 15 is 0 Å². The fourth-order valence-electron chi connectivity index (χ4n) is 3.30. The summed E-state index contributed by atoms with van der Waals surface area (Å²) < 4.78 is 5.32. The summed E-state index contributed by atoms with van der Waals surface area (Å²) in [7, 11) is 1.67. The van der Waals surface area contributed by atoms with E-state index in [4.69, 9.17) is 4.74 Å².